The summed E-state index contributed by atoms with van der Waals surface area (Å²) in [5.41, 5.74) is 3.26. The van der Waals surface area contributed by atoms with Gasteiger partial charge in [0.1, 0.15) is 0 Å². The molecule has 0 radical (unpaired) electrons. The first-order chi connectivity index (χ1) is 7.93. The van der Waals surface area contributed by atoms with E-state index in [-0.39, 0.29) is 0 Å². The van der Waals surface area contributed by atoms with Gasteiger partial charge < -0.3 is 5.32 Å². The van der Waals surface area contributed by atoms with Crippen LogP contribution in [0.25, 0.3) is 0 Å². The van der Waals surface area contributed by atoms with Gasteiger partial charge in [0.25, 0.3) is 0 Å². The topological polar surface area (TPSA) is 12.0 Å². The number of unbranched alkanes of at least 4 members (excludes halogenated alkanes) is 4. The lowest BCUT2D eigenvalue weighted by atomic mass is 10.1. The lowest BCUT2D eigenvalue weighted by molar-refractivity contribution is 0.516. The van der Waals surface area contributed by atoms with Crippen LogP contribution in [0.15, 0.2) is 17.9 Å². The monoisotopic (exact) mass is 221 g/mol. The third-order valence-corrected chi connectivity index (χ3v) is 3.23. The van der Waals surface area contributed by atoms with Crippen molar-refractivity contribution in [1.82, 2.24) is 5.32 Å². The van der Waals surface area contributed by atoms with Gasteiger partial charge in [0.15, 0.2) is 0 Å². The first kappa shape index (κ1) is 13.5. The molecule has 0 bridgehead atoms. The highest BCUT2D eigenvalue weighted by atomic mass is 14.9. The van der Waals surface area contributed by atoms with Crippen LogP contribution in [0.4, 0.5) is 0 Å². The molecule has 0 spiro atoms. The summed E-state index contributed by atoms with van der Waals surface area (Å²) in [5, 5.41) is 3.56. The van der Waals surface area contributed by atoms with Gasteiger partial charge in [-0.05, 0) is 57.2 Å². The van der Waals surface area contributed by atoms with E-state index in [9.17, 15) is 0 Å². The van der Waals surface area contributed by atoms with Crippen LogP contribution < -0.4 is 5.32 Å². The van der Waals surface area contributed by atoms with Crippen LogP contribution in [0.5, 0.6) is 0 Å². The molecule has 1 aliphatic heterocycles. The predicted octanol–water partition coefficient (Wildman–Crippen LogP) is 4.20. The number of hydrogen-bond donors (Lipinski definition) is 1. The van der Waals surface area contributed by atoms with E-state index in [2.05, 4.69) is 30.1 Å². The normalized spacial score (nSPS) is 19.4. The second kappa shape index (κ2) is 9.69. The van der Waals surface area contributed by atoms with Gasteiger partial charge in [-0.25, -0.2) is 0 Å². The van der Waals surface area contributed by atoms with Crippen molar-refractivity contribution in [3.05, 3.63) is 17.9 Å². The van der Waals surface area contributed by atoms with Crippen LogP contribution in [-0.4, -0.2) is 12.6 Å². The van der Waals surface area contributed by atoms with Crippen LogP contribution in [0, 0.1) is 0 Å². The van der Waals surface area contributed by atoms with Crippen molar-refractivity contribution >= 4 is 0 Å². The summed E-state index contributed by atoms with van der Waals surface area (Å²) in [7, 11) is 0. The largest absolute Gasteiger partial charge is 0.314 e. The Morgan fingerprint density at radius 3 is 2.81 bits per heavy atom. The molecular formula is C15H27N. The highest BCUT2D eigenvalue weighted by Gasteiger charge is 2.12. The molecule has 1 heteroatoms. The maximum absolute atomic E-state index is 3.56. The molecule has 1 nitrogen and oxygen atoms in total. The zero-order valence-electron chi connectivity index (χ0n) is 10.8. The van der Waals surface area contributed by atoms with Crippen molar-refractivity contribution in [3.63, 3.8) is 0 Å². The number of rotatable bonds is 8. The Morgan fingerprint density at radius 2 is 2.06 bits per heavy atom. The zero-order valence-corrected chi connectivity index (χ0v) is 10.8. The number of allylic oxidation sites excluding steroid dienone is 1. The molecule has 1 saturated heterocycles. The van der Waals surface area contributed by atoms with Gasteiger partial charge in [-0.15, -0.1) is 5.73 Å². The Labute approximate surface area is 101 Å². The molecule has 0 aromatic carbocycles. The minimum Gasteiger partial charge on any atom is -0.314 e. The van der Waals surface area contributed by atoms with Gasteiger partial charge in [-0.3, -0.25) is 0 Å². The van der Waals surface area contributed by atoms with E-state index in [1.807, 2.05) is 0 Å². The summed E-state index contributed by atoms with van der Waals surface area (Å²) in [6.45, 7) is 3.45. The Hall–Kier alpha value is -0.520. The maximum Gasteiger partial charge on any atom is 0.00675 e. The Morgan fingerprint density at radius 1 is 1.19 bits per heavy atom. The van der Waals surface area contributed by atoms with Crippen molar-refractivity contribution < 1.29 is 0 Å². The summed E-state index contributed by atoms with van der Waals surface area (Å²) in [5.74, 6) is 0. The lowest BCUT2D eigenvalue weighted by Crippen LogP contribution is -2.20. The van der Waals surface area contributed by atoms with E-state index in [4.69, 9.17) is 0 Å². The number of hydrogen-bond acceptors (Lipinski definition) is 1. The molecule has 0 aromatic heterocycles. The number of nitrogens with one attached hydrogen (secondary N) is 1. The average Bonchev–Trinajstić information content (AvgIpc) is 2.80. The quantitative estimate of drug-likeness (QED) is 0.478. The molecule has 1 fully saturated rings. The molecule has 0 amide bonds. The molecule has 1 rings (SSSR count). The van der Waals surface area contributed by atoms with E-state index in [0.717, 1.165) is 6.04 Å². The Kier molecular flexibility index (Phi) is 8.20. The first-order valence-electron chi connectivity index (χ1n) is 7.06. The van der Waals surface area contributed by atoms with Crippen LogP contribution in [0.3, 0.4) is 0 Å². The third kappa shape index (κ3) is 6.87. The van der Waals surface area contributed by atoms with Gasteiger partial charge in [-0.1, -0.05) is 26.2 Å². The van der Waals surface area contributed by atoms with E-state index < -0.39 is 0 Å². The molecule has 1 heterocycles. The standard InChI is InChI=1S/C15H27N/c1-2-3-4-5-6-7-8-9-10-12-15-13-11-14-16-15/h4,6,15-16H,2-3,7-14H2,1H3. The lowest BCUT2D eigenvalue weighted by Gasteiger charge is -2.08. The third-order valence-electron chi connectivity index (χ3n) is 3.23. The van der Waals surface area contributed by atoms with E-state index in [1.54, 1.807) is 0 Å². The minimum absolute atomic E-state index is 0.833. The van der Waals surface area contributed by atoms with E-state index in [1.165, 1.54) is 64.3 Å². The molecule has 92 valence electrons. The molecule has 0 saturated carbocycles. The highest BCUT2D eigenvalue weighted by molar-refractivity contribution is 4.84. The van der Waals surface area contributed by atoms with Gasteiger partial charge in [0.2, 0.25) is 0 Å². The fourth-order valence-electron chi connectivity index (χ4n) is 2.21. The van der Waals surface area contributed by atoms with Crippen LogP contribution >= 0.6 is 0 Å². The second-order valence-electron chi connectivity index (χ2n) is 4.79. The highest BCUT2D eigenvalue weighted by Crippen LogP contribution is 2.13. The molecule has 1 atom stereocenters. The zero-order chi connectivity index (χ0) is 11.5. The fourth-order valence-corrected chi connectivity index (χ4v) is 2.21. The molecule has 0 aliphatic carbocycles. The van der Waals surface area contributed by atoms with Crippen molar-refractivity contribution in [3.8, 4) is 0 Å². The van der Waals surface area contributed by atoms with Gasteiger partial charge in [0, 0.05) is 6.04 Å². The van der Waals surface area contributed by atoms with Gasteiger partial charge in [0.05, 0.1) is 0 Å². The SMILES string of the molecule is CCCC=C=CCCCCCC1CCCN1. The minimum atomic E-state index is 0.833. The summed E-state index contributed by atoms with van der Waals surface area (Å²) >= 11 is 0. The predicted molar refractivity (Wildman–Crippen MR) is 71.7 cm³/mol. The van der Waals surface area contributed by atoms with Crippen LogP contribution in [0.1, 0.15) is 64.7 Å². The van der Waals surface area contributed by atoms with Gasteiger partial charge in [-0.2, -0.15) is 0 Å². The Bertz CT molecular complexity index is 207. The second-order valence-corrected chi connectivity index (χ2v) is 4.79. The maximum atomic E-state index is 3.56. The van der Waals surface area contributed by atoms with Crippen molar-refractivity contribution in [2.45, 2.75) is 70.8 Å². The average molecular weight is 221 g/mol. The summed E-state index contributed by atoms with van der Waals surface area (Å²) in [6.07, 6.45) is 16.2. The molecule has 1 aliphatic rings. The summed E-state index contributed by atoms with van der Waals surface area (Å²) < 4.78 is 0. The fraction of sp³-hybridized carbons (Fsp3) is 0.800. The van der Waals surface area contributed by atoms with Crippen LogP contribution in [0.2, 0.25) is 0 Å². The smallest absolute Gasteiger partial charge is 0.00675 e. The Balaban J connectivity index is 1.85. The summed E-state index contributed by atoms with van der Waals surface area (Å²) in [4.78, 5) is 0. The molecule has 16 heavy (non-hydrogen) atoms. The van der Waals surface area contributed by atoms with Crippen molar-refractivity contribution in [2.24, 2.45) is 0 Å². The van der Waals surface area contributed by atoms with Gasteiger partial charge >= 0.3 is 0 Å². The molecule has 0 aromatic rings. The molecule has 1 unspecified atom stereocenters. The molecular weight excluding hydrogens is 194 g/mol. The van der Waals surface area contributed by atoms with E-state index >= 15 is 0 Å². The first-order valence-corrected chi connectivity index (χ1v) is 7.06. The molecule has 1 N–H and O–H groups in total. The van der Waals surface area contributed by atoms with Crippen LogP contribution in [-0.2, 0) is 0 Å². The van der Waals surface area contributed by atoms with Crippen molar-refractivity contribution in [1.29, 1.82) is 0 Å². The van der Waals surface area contributed by atoms with Crippen molar-refractivity contribution in [2.75, 3.05) is 6.54 Å². The summed E-state index contributed by atoms with van der Waals surface area (Å²) in [6, 6.07) is 0.833. The van der Waals surface area contributed by atoms with E-state index in [0.29, 0.717) is 0 Å².